The molecular formula is C20H31N3O3. The van der Waals surface area contributed by atoms with Crippen LogP contribution in [-0.4, -0.2) is 47.7 Å². The number of nitrogens with one attached hydrogen (secondary N) is 2. The van der Waals surface area contributed by atoms with Crippen LogP contribution >= 0.6 is 0 Å². The fraction of sp³-hybridized carbons (Fsp3) is 0.600. The van der Waals surface area contributed by atoms with Crippen LogP contribution in [-0.2, 0) is 16.1 Å². The summed E-state index contributed by atoms with van der Waals surface area (Å²) in [6, 6.07) is 10.4. The topological polar surface area (TPSA) is 70.7 Å². The van der Waals surface area contributed by atoms with Gasteiger partial charge in [0.1, 0.15) is 5.60 Å². The minimum atomic E-state index is -0.548. The summed E-state index contributed by atoms with van der Waals surface area (Å²) in [5.41, 5.74) is 0.260. The summed E-state index contributed by atoms with van der Waals surface area (Å²) >= 11 is 0. The smallest absolute Gasteiger partial charge is 0.408 e. The maximum Gasteiger partial charge on any atom is 0.408 e. The fourth-order valence-corrected chi connectivity index (χ4v) is 3.14. The number of benzene rings is 1. The molecule has 0 aliphatic carbocycles. The van der Waals surface area contributed by atoms with Crippen LogP contribution in [0.1, 0.15) is 46.1 Å². The summed E-state index contributed by atoms with van der Waals surface area (Å²) < 4.78 is 5.42. The molecule has 2 rings (SSSR count). The van der Waals surface area contributed by atoms with E-state index in [1.54, 1.807) is 0 Å². The average Bonchev–Trinajstić information content (AvgIpc) is 2.54. The number of likely N-dealkylation sites (tertiary alicyclic amines) is 1. The number of ether oxygens (including phenoxy) is 1. The van der Waals surface area contributed by atoms with Gasteiger partial charge in [0.25, 0.3) is 0 Å². The quantitative estimate of drug-likeness (QED) is 0.846. The van der Waals surface area contributed by atoms with Gasteiger partial charge in [0.05, 0.1) is 5.54 Å². The van der Waals surface area contributed by atoms with Crippen molar-refractivity contribution in [3.8, 4) is 0 Å². The highest BCUT2D eigenvalue weighted by atomic mass is 16.6. The first kappa shape index (κ1) is 20.2. The molecule has 6 heteroatoms. The van der Waals surface area contributed by atoms with Gasteiger partial charge in [-0.1, -0.05) is 30.3 Å². The molecule has 1 aromatic rings. The molecular weight excluding hydrogens is 330 g/mol. The first-order valence-electron chi connectivity index (χ1n) is 9.19. The number of hydrogen-bond acceptors (Lipinski definition) is 4. The van der Waals surface area contributed by atoms with Crippen molar-refractivity contribution in [2.75, 3.05) is 19.6 Å². The Morgan fingerprint density at radius 1 is 1.15 bits per heavy atom. The van der Waals surface area contributed by atoms with Crippen molar-refractivity contribution < 1.29 is 14.3 Å². The van der Waals surface area contributed by atoms with Crippen LogP contribution in [0, 0.1) is 0 Å². The molecule has 0 aromatic heterocycles. The number of carbonyl (C=O) groups excluding carboxylic acids is 2. The number of carbonyl (C=O) groups is 2. The lowest BCUT2D eigenvalue weighted by molar-refractivity contribution is -0.119. The highest BCUT2D eigenvalue weighted by Crippen LogP contribution is 2.24. The van der Waals surface area contributed by atoms with Crippen LogP contribution in [0.4, 0.5) is 4.79 Å². The molecule has 2 amide bonds. The van der Waals surface area contributed by atoms with Crippen molar-refractivity contribution in [3.63, 3.8) is 0 Å². The van der Waals surface area contributed by atoms with Gasteiger partial charge in [-0.15, -0.1) is 0 Å². The lowest BCUT2D eigenvalue weighted by Crippen LogP contribution is -2.60. The highest BCUT2D eigenvalue weighted by Gasteiger charge is 2.37. The Kier molecular flexibility index (Phi) is 6.64. The summed E-state index contributed by atoms with van der Waals surface area (Å²) in [4.78, 5) is 26.0. The summed E-state index contributed by atoms with van der Waals surface area (Å²) in [5.74, 6) is -0.0953. The van der Waals surface area contributed by atoms with E-state index in [0.717, 1.165) is 32.5 Å². The monoisotopic (exact) mass is 361 g/mol. The van der Waals surface area contributed by atoms with Gasteiger partial charge in [-0.2, -0.15) is 0 Å². The van der Waals surface area contributed by atoms with E-state index in [9.17, 15) is 9.59 Å². The van der Waals surface area contributed by atoms with Gasteiger partial charge < -0.3 is 15.4 Å². The molecule has 6 nitrogen and oxygen atoms in total. The molecule has 1 fully saturated rings. The van der Waals surface area contributed by atoms with Gasteiger partial charge in [0.15, 0.2) is 0 Å². The lowest BCUT2D eigenvalue weighted by atomic mass is 9.87. The number of amides is 2. The lowest BCUT2D eigenvalue weighted by Gasteiger charge is -2.42. The third kappa shape index (κ3) is 6.67. The minimum Gasteiger partial charge on any atom is -0.444 e. The van der Waals surface area contributed by atoms with Crippen molar-refractivity contribution in [2.24, 2.45) is 0 Å². The van der Waals surface area contributed by atoms with Gasteiger partial charge in [0, 0.05) is 33.1 Å². The number of alkyl carbamates (subject to hydrolysis) is 1. The van der Waals surface area contributed by atoms with Crippen molar-refractivity contribution >= 4 is 12.0 Å². The van der Waals surface area contributed by atoms with Gasteiger partial charge in [0.2, 0.25) is 5.91 Å². The standard InChI is InChI=1S/C20H31N3O3/c1-16(24)21-15-20(22-18(25)26-19(2,3)4)10-12-23(13-11-20)14-17-8-6-5-7-9-17/h5-9H,10-15H2,1-4H3,(H,21,24)(H,22,25). The maximum absolute atomic E-state index is 12.3. The summed E-state index contributed by atoms with van der Waals surface area (Å²) in [7, 11) is 0. The SMILES string of the molecule is CC(=O)NCC1(NC(=O)OC(C)(C)C)CCN(Cc2ccccc2)CC1. The second kappa shape index (κ2) is 8.54. The van der Waals surface area contributed by atoms with Crippen LogP contribution in [0.2, 0.25) is 0 Å². The third-order valence-electron chi connectivity index (χ3n) is 4.50. The van der Waals surface area contributed by atoms with Gasteiger partial charge in [-0.25, -0.2) is 4.79 Å². The molecule has 1 aliphatic heterocycles. The second-order valence-corrected chi connectivity index (χ2v) is 8.08. The molecule has 1 saturated heterocycles. The number of piperidine rings is 1. The molecule has 0 atom stereocenters. The molecule has 1 aliphatic rings. The molecule has 26 heavy (non-hydrogen) atoms. The molecule has 0 bridgehead atoms. The molecule has 2 N–H and O–H groups in total. The summed E-state index contributed by atoms with van der Waals surface area (Å²) in [6.07, 6.45) is 1.10. The van der Waals surface area contributed by atoms with E-state index < -0.39 is 17.2 Å². The van der Waals surface area contributed by atoms with E-state index in [1.807, 2.05) is 39.0 Å². The van der Waals surface area contributed by atoms with Gasteiger partial charge in [-0.05, 0) is 39.2 Å². The van der Waals surface area contributed by atoms with Crippen molar-refractivity contribution in [3.05, 3.63) is 35.9 Å². The molecule has 1 heterocycles. The summed E-state index contributed by atoms with van der Waals surface area (Å²) in [5, 5.41) is 5.89. The van der Waals surface area contributed by atoms with Crippen molar-refractivity contribution in [1.82, 2.24) is 15.5 Å². The third-order valence-corrected chi connectivity index (χ3v) is 4.50. The predicted octanol–water partition coefficient (Wildman–Crippen LogP) is 2.68. The first-order chi connectivity index (χ1) is 12.2. The van der Waals surface area contributed by atoms with Crippen LogP contribution < -0.4 is 10.6 Å². The molecule has 1 aromatic carbocycles. The Bertz CT molecular complexity index is 602. The van der Waals surface area contributed by atoms with Gasteiger partial charge >= 0.3 is 6.09 Å². The van der Waals surface area contributed by atoms with Crippen LogP contribution in [0.5, 0.6) is 0 Å². The zero-order chi connectivity index (χ0) is 19.2. The van der Waals surface area contributed by atoms with E-state index >= 15 is 0 Å². The zero-order valence-electron chi connectivity index (χ0n) is 16.3. The van der Waals surface area contributed by atoms with Crippen LogP contribution in [0.3, 0.4) is 0 Å². The van der Waals surface area contributed by atoms with E-state index in [0.29, 0.717) is 6.54 Å². The Labute approximate surface area is 156 Å². The van der Waals surface area contributed by atoms with E-state index in [2.05, 4.69) is 27.7 Å². The van der Waals surface area contributed by atoms with Crippen molar-refractivity contribution in [1.29, 1.82) is 0 Å². The Balaban J connectivity index is 1.97. The van der Waals surface area contributed by atoms with E-state index in [1.165, 1.54) is 12.5 Å². The van der Waals surface area contributed by atoms with Crippen molar-refractivity contribution in [2.45, 2.75) is 58.2 Å². The average molecular weight is 361 g/mol. The van der Waals surface area contributed by atoms with Gasteiger partial charge in [-0.3, -0.25) is 9.69 Å². The van der Waals surface area contributed by atoms with E-state index in [4.69, 9.17) is 4.74 Å². The normalized spacial score (nSPS) is 17.4. The van der Waals surface area contributed by atoms with Crippen LogP contribution in [0.25, 0.3) is 0 Å². The highest BCUT2D eigenvalue weighted by molar-refractivity contribution is 5.73. The Morgan fingerprint density at radius 2 is 1.77 bits per heavy atom. The number of nitrogens with zero attached hydrogens (tertiary/aromatic N) is 1. The Morgan fingerprint density at radius 3 is 2.31 bits per heavy atom. The molecule has 0 saturated carbocycles. The number of hydrogen-bond donors (Lipinski definition) is 2. The Hall–Kier alpha value is -2.08. The summed E-state index contributed by atoms with van der Waals surface area (Å²) in [6.45, 7) is 10.0. The molecule has 0 spiro atoms. The van der Waals surface area contributed by atoms with Crippen LogP contribution in [0.15, 0.2) is 30.3 Å². The number of rotatable bonds is 5. The molecule has 0 unspecified atom stereocenters. The maximum atomic E-state index is 12.3. The largest absolute Gasteiger partial charge is 0.444 e. The fourth-order valence-electron chi connectivity index (χ4n) is 3.14. The minimum absolute atomic E-state index is 0.0953. The van der Waals surface area contributed by atoms with E-state index in [-0.39, 0.29) is 5.91 Å². The predicted molar refractivity (Wildman–Crippen MR) is 102 cm³/mol. The first-order valence-corrected chi connectivity index (χ1v) is 9.19. The molecule has 0 radical (unpaired) electrons. The zero-order valence-corrected chi connectivity index (χ0v) is 16.3. The molecule has 144 valence electrons. The second-order valence-electron chi connectivity index (χ2n) is 8.08.